The zero-order valence-corrected chi connectivity index (χ0v) is 25.8. The third kappa shape index (κ3) is 8.86. The lowest BCUT2D eigenvalue weighted by molar-refractivity contribution is -0.140. The SMILES string of the molecule is CC(C)(C)NC(=O)[C@H](Cc1ccccc1)N(Cc1ccccc1Cl)C(=O)CN(c1cc(Cl)ccc1Cl)S(C)(=O)=O. The molecule has 0 saturated heterocycles. The Balaban J connectivity index is 2.11. The van der Waals surface area contributed by atoms with E-state index in [1.807, 2.05) is 51.1 Å². The Kier molecular flexibility index (Phi) is 10.5. The summed E-state index contributed by atoms with van der Waals surface area (Å²) in [6, 6.07) is 19.6. The summed E-state index contributed by atoms with van der Waals surface area (Å²) in [5, 5.41) is 3.73. The van der Waals surface area contributed by atoms with Gasteiger partial charge in [0.1, 0.15) is 12.6 Å². The lowest BCUT2D eigenvalue weighted by Crippen LogP contribution is -2.56. The topological polar surface area (TPSA) is 86.8 Å². The van der Waals surface area contributed by atoms with Crippen LogP contribution in [-0.4, -0.2) is 49.5 Å². The smallest absolute Gasteiger partial charge is 0.244 e. The minimum Gasteiger partial charge on any atom is -0.350 e. The van der Waals surface area contributed by atoms with Gasteiger partial charge in [-0.2, -0.15) is 0 Å². The van der Waals surface area contributed by atoms with Gasteiger partial charge in [0.25, 0.3) is 0 Å². The second-order valence-electron chi connectivity index (χ2n) is 10.4. The van der Waals surface area contributed by atoms with Crippen LogP contribution < -0.4 is 9.62 Å². The summed E-state index contributed by atoms with van der Waals surface area (Å²) in [5.41, 5.74) is 0.900. The Morgan fingerprint density at radius 1 is 0.900 bits per heavy atom. The van der Waals surface area contributed by atoms with Gasteiger partial charge in [0.15, 0.2) is 0 Å². The second-order valence-corrected chi connectivity index (χ2v) is 13.6. The van der Waals surface area contributed by atoms with E-state index < -0.39 is 34.1 Å². The molecule has 214 valence electrons. The second kappa shape index (κ2) is 13.3. The number of hydrogen-bond donors (Lipinski definition) is 1. The summed E-state index contributed by atoms with van der Waals surface area (Å²) in [6.45, 7) is 4.89. The van der Waals surface area contributed by atoms with Crippen molar-refractivity contribution in [3.05, 3.63) is 99.0 Å². The van der Waals surface area contributed by atoms with Crippen LogP contribution in [0.5, 0.6) is 0 Å². The number of carbonyl (C=O) groups excluding carboxylic acids is 2. The van der Waals surface area contributed by atoms with Crippen LogP contribution >= 0.6 is 34.8 Å². The number of benzene rings is 3. The molecular formula is C29H32Cl3N3O4S. The molecule has 2 amide bonds. The van der Waals surface area contributed by atoms with E-state index in [-0.39, 0.29) is 34.6 Å². The molecule has 0 unspecified atom stereocenters. The summed E-state index contributed by atoms with van der Waals surface area (Å²) in [7, 11) is -3.98. The summed E-state index contributed by atoms with van der Waals surface area (Å²) in [6.07, 6.45) is 1.17. The Hall–Kier alpha value is -2.78. The van der Waals surface area contributed by atoms with Crippen molar-refractivity contribution in [1.82, 2.24) is 10.2 Å². The molecule has 3 aromatic carbocycles. The van der Waals surface area contributed by atoms with Gasteiger partial charge in [0.05, 0.1) is 17.0 Å². The molecule has 0 bridgehead atoms. The molecule has 0 heterocycles. The van der Waals surface area contributed by atoms with E-state index in [2.05, 4.69) is 5.32 Å². The molecule has 1 N–H and O–H groups in total. The predicted molar refractivity (Wildman–Crippen MR) is 162 cm³/mol. The number of nitrogens with zero attached hydrogens (tertiary/aromatic N) is 2. The highest BCUT2D eigenvalue weighted by atomic mass is 35.5. The number of sulfonamides is 1. The van der Waals surface area contributed by atoms with Gasteiger partial charge < -0.3 is 10.2 Å². The number of carbonyl (C=O) groups is 2. The molecule has 0 aliphatic heterocycles. The van der Waals surface area contributed by atoms with Gasteiger partial charge >= 0.3 is 0 Å². The third-order valence-electron chi connectivity index (χ3n) is 5.92. The minimum atomic E-state index is -3.98. The third-order valence-corrected chi connectivity index (χ3v) is 7.97. The van der Waals surface area contributed by atoms with Crippen molar-refractivity contribution in [3.63, 3.8) is 0 Å². The average Bonchev–Trinajstić information content (AvgIpc) is 2.86. The molecular weight excluding hydrogens is 593 g/mol. The Morgan fingerprint density at radius 2 is 1.52 bits per heavy atom. The quantitative estimate of drug-likeness (QED) is 0.301. The lowest BCUT2D eigenvalue weighted by atomic mass is 10.0. The molecule has 0 fully saturated rings. The number of rotatable bonds is 10. The fourth-order valence-electron chi connectivity index (χ4n) is 4.09. The van der Waals surface area contributed by atoms with Crippen LogP contribution in [0.4, 0.5) is 5.69 Å². The predicted octanol–water partition coefficient (Wildman–Crippen LogP) is 5.97. The largest absolute Gasteiger partial charge is 0.350 e. The number of hydrogen-bond acceptors (Lipinski definition) is 4. The first-order valence-electron chi connectivity index (χ1n) is 12.5. The monoisotopic (exact) mass is 623 g/mol. The highest BCUT2D eigenvalue weighted by Crippen LogP contribution is 2.31. The van der Waals surface area contributed by atoms with Crippen LogP contribution in [0.2, 0.25) is 15.1 Å². The van der Waals surface area contributed by atoms with Crippen LogP contribution in [-0.2, 0) is 32.6 Å². The molecule has 0 aliphatic rings. The van der Waals surface area contributed by atoms with E-state index in [9.17, 15) is 18.0 Å². The average molecular weight is 625 g/mol. The molecule has 40 heavy (non-hydrogen) atoms. The lowest BCUT2D eigenvalue weighted by Gasteiger charge is -2.35. The number of halogens is 3. The number of anilines is 1. The van der Waals surface area contributed by atoms with Crippen molar-refractivity contribution in [2.75, 3.05) is 17.1 Å². The van der Waals surface area contributed by atoms with E-state index in [4.69, 9.17) is 34.8 Å². The van der Waals surface area contributed by atoms with E-state index >= 15 is 0 Å². The van der Waals surface area contributed by atoms with Crippen LogP contribution in [0, 0.1) is 0 Å². The molecule has 0 aliphatic carbocycles. The summed E-state index contributed by atoms with van der Waals surface area (Å²) < 4.78 is 26.7. The minimum absolute atomic E-state index is 0.0333. The molecule has 7 nitrogen and oxygen atoms in total. The first-order chi connectivity index (χ1) is 18.7. The number of amides is 2. The first kappa shape index (κ1) is 31.7. The van der Waals surface area contributed by atoms with Gasteiger partial charge in [0, 0.05) is 28.5 Å². The number of nitrogens with one attached hydrogen (secondary N) is 1. The molecule has 3 rings (SSSR count). The van der Waals surface area contributed by atoms with Crippen molar-refractivity contribution >= 4 is 62.3 Å². The van der Waals surface area contributed by atoms with E-state index in [0.717, 1.165) is 16.1 Å². The molecule has 1 atom stereocenters. The van der Waals surface area contributed by atoms with Crippen LogP contribution in [0.25, 0.3) is 0 Å². The van der Waals surface area contributed by atoms with Crippen molar-refractivity contribution in [1.29, 1.82) is 0 Å². The van der Waals surface area contributed by atoms with E-state index in [1.54, 1.807) is 24.3 Å². The zero-order valence-electron chi connectivity index (χ0n) is 22.7. The molecule has 0 aromatic heterocycles. The van der Waals surface area contributed by atoms with Crippen molar-refractivity contribution < 1.29 is 18.0 Å². The van der Waals surface area contributed by atoms with Gasteiger partial charge in [-0.05, 0) is 56.2 Å². The fourth-order valence-corrected chi connectivity index (χ4v) is 5.57. The molecule has 3 aromatic rings. The van der Waals surface area contributed by atoms with Gasteiger partial charge in [-0.3, -0.25) is 13.9 Å². The maximum absolute atomic E-state index is 14.1. The molecule has 11 heteroatoms. The first-order valence-corrected chi connectivity index (χ1v) is 15.5. The fraction of sp³-hybridized carbons (Fsp3) is 0.310. The Morgan fingerprint density at radius 3 is 2.12 bits per heavy atom. The molecule has 0 saturated carbocycles. The maximum Gasteiger partial charge on any atom is 0.244 e. The summed E-state index contributed by atoms with van der Waals surface area (Å²) in [4.78, 5) is 29.2. The highest BCUT2D eigenvalue weighted by molar-refractivity contribution is 7.92. The van der Waals surface area contributed by atoms with Crippen molar-refractivity contribution in [2.45, 2.75) is 45.3 Å². The Labute approximate surface area is 251 Å². The zero-order chi connectivity index (χ0) is 29.7. The van der Waals surface area contributed by atoms with Gasteiger partial charge in [0.2, 0.25) is 21.8 Å². The van der Waals surface area contributed by atoms with Crippen LogP contribution in [0.3, 0.4) is 0 Å². The van der Waals surface area contributed by atoms with Gasteiger partial charge in [-0.15, -0.1) is 0 Å². The standard InChI is InChI=1S/C29H32Cl3N3O4S/c1-29(2,3)33-28(37)26(16-20-10-6-5-7-11-20)34(18-21-12-8-9-13-23(21)31)27(36)19-35(40(4,38)39)25-17-22(30)14-15-24(25)32/h5-15,17,26H,16,18-19H2,1-4H3,(H,33,37)/t26-/m0/s1. The van der Waals surface area contributed by atoms with E-state index in [1.165, 1.54) is 23.1 Å². The van der Waals surface area contributed by atoms with Gasteiger partial charge in [-0.1, -0.05) is 83.3 Å². The van der Waals surface area contributed by atoms with Gasteiger partial charge in [-0.25, -0.2) is 8.42 Å². The van der Waals surface area contributed by atoms with Crippen molar-refractivity contribution in [3.8, 4) is 0 Å². The molecule has 0 radical (unpaired) electrons. The van der Waals surface area contributed by atoms with E-state index in [0.29, 0.717) is 10.6 Å². The van der Waals surface area contributed by atoms with Crippen LogP contribution in [0.15, 0.2) is 72.8 Å². The maximum atomic E-state index is 14.1. The highest BCUT2D eigenvalue weighted by Gasteiger charge is 2.35. The Bertz CT molecular complexity index is 1460. The van der Waals surface area contributed by atoms with Crippen LogP contribution in [0.1, 0.15) is 31.9 Å². The molecule has 0 spiro atoms. The summed E-state index contributed by atoms with van der Waals surface area (Å²) in [5.74, 6) is -1.00. The van der Waals surface area contributed by atoms with Crippen molar-refractivity contribution in [2.24, 2.45) is 0 Å². The summed E-state index contributed by atoms with van der Waals surface area (Å²) >= 11 is 18.9. The normalized spacial score (nSPS) is 12.5.